The summed E-state index contributed by atoms with van der Waals surface area (Å²) in [5.74, 6) is -0.258. The molecule has 2 atom stereocenters. The lowest BCUT2D eigenvalue weighted by Gasteiger charge is -2.25. The maximum absolute atomic E-state index is 13.4. The maximum Gasteiger partial charge on any atom is 0.329 e. The molecule has 2 aliphatic rings. The van der Waals surface area contributed by atoms with Crippen molar-refractivity contribution in [3.63, 3.8) is 0 Å². The zero-order valence-corrected chi connectivity index (χ0v) is 17.9. The van der Waals surface area contributed by atoms with Gasteiger partial charge in [0.1, 0.15) is 0 Å². The Morgan fingerprint density at radius 2 is 1.93 bits per heavy atom. The van der Waals surface area contributed by atoms with E-state index >= 15 is 0 Å². The van der Waals surface area contributed by atoms with Crippen LogP contribution in [0, 0.1) is 0 Å². The molecular formula is C23H28ClN3O3. The van der Waals surface area contributed by atoms with Gasteiger partial charge in [-0.05, 0) is 61.1 Å². The highest BCUT2D eigenvalue weighted by atomic mass is 35.5. The fourth-order valence-electron chi connectivity index (χ4n) is 4.40. The third kappa shape index (κ3) is 4.30. The Balaban J connectivity index is 0.00000256. The number of amides is 2. The first-order valence-electron chi connectivity index (χ1n) is 10.2. The van der Waals surface area contributed by atoms with Crippen LogP contribution in [0.15, 0.2) is 48.5 Å². The van der Waals surface area contributed by atoms with E-state index in [1.54, 1.807) is 4.90 Å². The minimum atomic E-state index is -0.258. The van der Waals surface area contributed by atoms with Crippen LogP contribution >= 0.6 is 12.4 Å². The first-order valence-corrected chi connectivity index (χ1v) is 10.2. The first kappa shape index (κ1) is 22.1. The van der Waals surface area contributed by atoms with Gasteiger partial charge in [0.05, 0.1) is 13.2 Å². The zero-order chi connectivity index (χ0) is 20.4. The molecule has 2 amide bonds. The molecule has 1 heterocycles. The van der Waals surface area contributed by atoms with Gasteiger partial charge < -0.3 is 10.5 Å². The molecule has 30 heavy (non-hydrogen) atoms. The first-order chi connectivity index (χ1) is 14.1. The summed E-state index contributed by atoms with van der Waals surface area (Å²) in [6.45, 7) is 0.537. The van der Waals surface area contributed by atoms with Gasteiger partial charge in [-0.3, -0.25) is 14.6 Å². The third-order valence-corrected chi connectivity index (χ3v) is 5.94. The van der Waals surface area contributed by atoms with Crippen LogP contribution in [0.4, 0.5) is 16.2 Å². The Kier molecular flexibility index (Phi) is 7.00. The van der Waals surface area contributed by atoms with E-state index < -0.39 is 0 Å². The summed E-state index contributed by atoms with van der Waals surface area (Å²) in [5, 5.41) is 0. The Hall–Kier alpha value is -2.57. The number of rotatable bonds is 5. The van der Waals surface area contributed by atoms with Gasteiger partial charge >= 0.3 is 12.0 Å². The van der Waals surface area contributed by atoms with E-state index in [1.807, 2.05) is 41.3 Å². The van der Waals surface area contributed by atoms with Crippen LogP contribution in [0.25, 0.3) is 0 Å². The number of carbonyl (C=O) groups is 2. The van der Waals surface area contributed by atoms with Crippen molar-refractivity contribution in [1.29, 1.82) is 0 Å². The van der Waals surface area contributed by atoms with Crippen molar-refractivity contribution < 1.29 is 14.3 Å². The molecule has 2 aromatic carbocycles. The van der Waals surface area contributed by atoms with Gasteiger partial charge in [0.25, 0.3) is 0 Å². The zero-order valence-electron chi connectivity index (χ0n) is 17.1. The van der Waals surface area contributed by atoms with Crippen molar-refractivity contribution in [2.24, 2.45) is 5.73 Å². The quantitative estimate of drug-likeness (QED) is 0.722. The molecule has 7 heteroatoms. The van der Waals surface area contributed by atoms with Crippen molar-refractivity contribution in [3.05, 3.63) is 59.7 Å². The summed E-state index contributed by atoms with van der Waals surface area (Å²) < 4.78 is 4.79. The van der Waals surface area contributed by atoms with Crippen LogP contribution in [0.5, 0.6) is 0 Å². The van der Waals surface area contributed by atoms with E-state index in [4.69, 9.17) is 10.5 Å². The molecule has 2 N–H and O–H groups in total. The molecule has 6 nitrogen and oxygen atoms in total. The number of nitrogens with two attached hydrogens (primary N) is 1. The number of ether oxygens (including phenoxy) is 1. The highest BCUT2D eigenvalue weighted by molar-refractivity contribution is 6.07. The molecule has 1 fully saturated rings. The average molecular weight is 430 g/mol. The minimum Gasteiger partial charge on any atom is -0.469 e. The SMILES string of the molecule is COC(=O)CCC1CN(c2ccc3c(c2)CCCC3N)C(=O)N1c1ccccc1.Cl. The smallest absolute Gasteiger partial charge is 0.329 e. The molecule has 0 radical (unpaired) electrons. The van der Waals surface area contributed by atoms with Gasteiger partial charge in [-0.1, -0.05) is 24.3 Å². The number of esters is 1. The summed E-state index contributed by atoms with van der Waals surface area (Å²) in [4.78, 5) is 28.7. The summed E-state index contributed by atoms with van der Waals surface area (Å²) >= 11 is 0. The van der Waals surface area contributed by atoms with Crippen molar-refractivity contribution in [1.82, 2.24) is 0 Å². The highest BCUT2D eigenvalue weighted by Crippen LogP contribution is 2.35. The monoisotopic (exact) mass is 429 g/mol. The van der Waals surface area contributed by atoms with Crippen LogP contribution in [0.2, 0.25) is 0 Å². The number of halogens is 1. The summed E-state index contributed by atoms with van der Waals surface area (Å²) in [7, 11) is 1.39. The Morgan fingerprint density at radius 3 is 2.67 bits per heavy atom. The lowest BCUT2D eigenvalue weighted by molar-refractivity contribution is -0.140. The van der Waals surface area contributed by atoms with Crippen molar-refractivity contribution in [2.75, 3.05) is 23.5 Å². The number of urea groups is 1. The van der Waals surface area contributed by atoms with Crippen LogP contribution in [0.1, 0.15) is 42.9 Å². The van der Waals surface area contributed by atoms with E-state index in [9.17, 15) is 9.59 Å². The topological polar surface area (TPSA) is 75.9 Å². The van der Waals surface area contributed by atoms with E-state index in [0.29, 0.717) is 13.0 Å². The predicted octanol–water partition coefficient (Wildman–Crippen LogP) is 4.21. The molecule has 0 bridgehead atoms. The largest absolute Gasteiger partial charge is 0.469 e. The highest BCUT2D eigenvalue weighted by Gasteiger charge is 2.39. The predicted molar refractivity (Wildman–Crippen MR) is 120 cm³/mol. The van der Waals surface area contributed by atoms with Crippen molar-refractivity contribution in [2.45, 2.75) is 44.2 Å². The molecule has 1 saturated heterocycles. The summed E-state index contributed by atoms with van der Waals surface area (Å²) in [5.41, 5.74) is 10.4. The Bertz CT molecular complexity index is 906. The lowest BCUT2D eigenvalue weighted by Crippen LogP contribution is -2.35. The Morgan fingerprint density at radius 1 is 1.17 bits per heavy atom. The second kappa shape index (κ2) is 9.49. The lowest BCUT2D eigenvalue weighted by atomic mass is 9.88. The fourth-order valence-corrected chi connectivity index (χ4v) is 4.40. The molecule has 1 aliphatic carbocycles. The molecule has 0 spiro atoms. The number of para-hydroxylation sites is 1. The standard InChI is InChI=1S/C23H27N3O3.ClH/c1-29-22(27)13-11-19-15-25(23(28)26(19)17-7-3-2-4-8-17)18-10-12-20-16(14-18)6-5-9-21(20)24;/h2-4,7-8,10,12,14,19,21H,5-6,9,11,13,15,24H2,1H3;1H. The molecule has 2 aromatic rings. The van der Waals surface area contributed by atoms with Gasteiger partial charge in [0.15, 0.2) is 0 Å². The van der Waals surface area contributed by atoms with Crippen molar-refractivity contribution >= 4 is 35.8 Å². The van der Waals surface area contributed by atoms with Gasteiger partial charge in [-0.2, -0.15) is 0 Å². The molecule has 0 saturated carbocycles. The van der Waals surface area contributed by atoms with E-state index in [0.717, 1.165) is 30.6 Å². The normalized spacial score (nSPS) is 20.5. The van der Waals surface area contributed by atoms with Crippen molar-refractivity contribution in [3.8, 4) is 0 Å². The van der Waals surface area contributed by atoms with Gasteiger partial charge in [0.2, 0.25) is 0 Å². The van der Waals surface area contributed by atoms with Gasteiger partial charge in [0, 0.05) is 30.4 Å². The Labute approximate surface area is 183 Å². The molecule has 160 valence electrons. The van der Waals surface area contributed by atoms with E-state index in [1.165, 1.54) is 18.2 Å². The molecule has 4 rings (SSSR count). The molecular weight excluding hydrogens is 402 g/mol. The van der Waals surface area contributed by atoms with E-state index in [2.05, 4.69) is 12.1 Å². The maximum atomic E-state index is 13.4. The van der Waals surface area contributed by atoms with Gasteiger partial charge in [-0.15, -0.1) is 12.4 Å². The van der Waals surface area contributed by atoms with Crippen LogP contribution in [-0.4, -0.2) is 31.7 Å². The molecule has 2 unspecified atom stereocenters. The van der Waals surface area contributed by atoms with E-state index in [-0.39, 0.29) is 42.9 Å². The minimum absolute atomic E-state index is 0. The average Bonchev–Trinajstić information content (AvgIpc) is 3.08. The second-order valence-electron chi connectivity index (χ2n) is 7.75. The van der Waals surface area contributed by atoms with Crippen LogP contribution in [0.3, 0.4) is 0 Å². The summed E-state index contributed by atoms with van der Waals surface area (Å²) in [6, 6.07) is 15.7. The van der Waals surface area contributed by atoms with Crippen LogP contribution in [-0.2, 0) is 16.0 Å². The second-order valence-corrected chi connectivity index (χ2v) is 7.75. The molecule has 1 aliphatic heterocycles. The number of carbonyl (C=O) groups excluding carboxylic acids is 2. The number of aryl methyl sites for hydroxylation is 1. The number of methoxy groups -OCH3 is 1. The number of anilines is 2. The number of nitrogens with zero attached hydrogens (tertiary/aromatic N) is 2. The van der Waals surface area contributed by atoms with Crippen LogP contribution < -0.4 is 15.5 Å². The van der Waals surface area contributed by atoms with Gasteiger partial charge in [-0.25, -0.2) is 4.79 Å². The third-order valence-electron chi connectivity index (χ3n) is 5.94. The number of hydrogen-bond donors (Lipinski definition) is 1. The number of hydrogen-bond acceptors (Lipinski definition) is 4. The molecule has 0 aromatic heterocycles. The number of fused-ring (bicyclic) bond motifs is 1. The summed E-state index contributed by atoms with van der Waals surface area (Å²) in [6.07, 6.45) is 3.91. The number of benzene rings is 2. The fraction of sp³-hybridized carbons (Fsp3) is 0.391.